The first-order valence-electron chi connectivity index (χ1n) is 10.1. The molecule has 5 rings (SSSR count). The minimum Gasteiger partial charge on any atom is -0.378 e. The lowest BCUT2D eigenvalue weighted by Crippen LogP contribution is -2.42. The third-order valence-corrected chi connectivity index (χ3v) is 6.92. The highest BCUT2D eigenvalue weighted by Crippen LogP contribution is 2.30. The van der Waals surface area contributed by atoms with Crippen molar-refractivity contribution in [2.75, 3.05) is 31.2 Å². The number of amides is 1. The zero-order chi connectivity index (χ0) is 18.9. The van der Waals surface area contributed by atoms with Gasteiger partial charge in [-0.1, -0.05) is 11.8 Å². The van der Waals surface area contributed by atoms with Gasteiger partial charge in [0.15, 0.2) is 0 Å². The van der Waals surface area contributed by atoms with Crippen molar-refractivity contribution in [2.24, 2.45) is 0 Å². The largest absolute Gasteiger partial charge is 0.378 e. The number of benzene rings is 1. The number of carbonyl (C=O) groups is 1. The highest BCUT2D eigenvalue weighted by molar-refractivity contribution is 7.99. The summed E-state index contributed by atoms with van der Waals surface area (Å²) < 4.78 is 5.41. The van der Waals surface area contributed by atoms with Crippen molar-refractivity contribution in [3.8, 4) is 0 Å². The Morgan fingerprint density at radius 1 is 1.11 bits per heavy atom. The molecule has 4 heterocycles. The van der Waals surface area contributed by atoms with E-state index in [2.05, 4.69) is 32.7 Å². The van der Waals surface area contributed by atoms with Gasteiger partial charge in [-0.2, -0.15) is 0 Å². The Morgan fingerprint density at radius 2 is 1.93 bits per heavy atom. The zero-order valence-corrected chi connectivity index (χ0v) is 16.6. The summed E-state index contributed by atoms with van der Waals surface area (Å²) in [6.45, 7) is 3.41. The number of aromatic nitrogens is 1. The van der Waals surface area contributed by atoms with E-state index in [-0.39, 0.29) is 11.9 Å². The molecule has 1 amide bonds. The maximum atomic E-state index is 12.6. The van der Waals surface area contributed by atoms with Gasteiger partial charge in [0, 0.05) is 41.7 Å². The van der Waals surface area contributed by atoms with E-state index >= 15 is 0 Å². The van der Waals surface area contributed by atoms with Crippen LogP contribution in [0.3, 0.4) is 0 Å². The number of hydrogen-bond donors (Lipinski definition) is 3. The van der Waals surface area contributed by atoms with Gasteiger partial charge in [0.25, 0.3) is 5.91 Å². The summed E-state index contributed by atoms with van der Waals surface area (Å²) in [5.41, 5.74) is 0.729. The Bertz CT molecular complexity index is 831. The van der Waals surface area contributed by atoms with Crippen LogP contribution in [0.15, 0.2) is 46.3 Å². The van der Waals surface area contributed by atoms with Crippen molar-refractivity contribution >= 4 is 23.5 Å². The number of fused-ring (bicyclic) bond motifs is 2. The van der Waals surface area contributed by atoms with Gasteiger partial charge in [0.05, 0.1) is 18.2 Å². The molecule has 3 saturated heterocycles. The molecule has 3 atom stereocenters. The first-order chi connectivity index (χ1) is 13.7. The molecule has 1 aromatic carbocycles. The second kappa shape index (κ2) is 7.81. The number of aromatic amines is 1. The zero-order valence-electron chi connectivity index (χ0n) is 15.8. The molecule has 0 radical (unpaired) electrons. The first-order valence-corrected chi connectivity index (χ1v) is 10.9. The van der Waals surface area contributed by atoms with Gasteiger partial charge in [0.1, 0.15) is 5.82 Å². The molecule has 0 spiro atoms. The van der Waals surface area contributed by atoms with Crippen LogP contribution in [0.2, 0.25) is 0 Å². The fourth-order valence-corrected chi connectivity index (χ4v) is 5.27. The molecular formula is C21H26N4O2S. The summed E-state index contributed by atoms with van der Waals surface area (Å²) in [6.07, 6.45) is 3.48. The molecule has 0 saturated carbocycles. The number of rotatable bonds is 5. The van der Waals surface area contributed by atoms with Crippen molar-refractivity contribution < 1.29 is 9.53 Å². The van der Waals surface area contributed by atoms with Crippen LogP contribution in [-0.4, -0.2) is 55.3 Å². The second-order valence-electron chi connectivity index (χ2n) is 7.80. The van der Waals surface area contributed by atoms with Gasteiger partial charge in [-0.15, -0.1) is 0 Å². The molecule has 6 nitrogen and oxygen atoms in total. The lowest BCUT2D eigenvalue weighted by Gasteiger charge is -2.27. The normalized spacial score (nSPS) is 26.6. The van der Waals surface area contributed by atoms with Crippen LogP contribution in [0.25, 0.3) is 0 Å². The second-order valence-corrected chi connectivity index (χ2v) is 8.91. The predicted octanol–water partition coefficient (Wildman–Crippen LogP) is 2.63. The summed E-state index contributed by atoms with van der Waals surface area (Å²) in [5.74, 6) is 1.17. The highest BCUT2D eigenvalue weighted by atomic mass is 32.2. The van der Waals surface area contributed by atoms with Crippen molar-refractivity contribution in [1.82, 2.24) is 15.6 Å². The van der Waals surface area contributed by atoms with E-state index in [4.69, 9.17) is 4.74 Å². The molecule has 3 N–H and O–H groups in total. The molecule has 0 aliphatic carbocycles. The SMILES string of the molecule is O=C(N[C@@H]1C[C@H]2CC[C@@H]1N2)c1ccc(Sc2ccc(N3CCOCC3)[nH]2)cc1. The molecule has 2 bridgehead atoms. The van der Waals surface area contributed by atoms with Crippen LogP contribution in [0.5, 0.6) is 0 Å². The molecular weight excluding hydrogens is 372 g/mol. The summed E-state index contributed by atoms with van der Waals surface area (Å²) >= 11 is 1.68. The Hall–Kier alpha value is -1.96. The van der Waals surface area contributed by atoms with Crippen LogP contribution in [0, 0.1) is 0 Å². The molecule has 28 heavy (non-hydrogen) atoms. The van der Waals surface area contributed by atoms with E-state index in [0.29, 0.717) is 12.1 Å². The smallest absolute Gasteiger partial charge is 0.251 e. The third-order valence-electron chi connectivity index (χ3n) is 5.96. The Labute approximate surface area is 169 Å². The van der Waals surface area contributed by atoms with Gasteiger partial charge < -0.3 is 25.3 Å². The van der Waals surface area contributed by atoms with Crippen molar-refractivity contribution in [2.45, 2.75) is 47.3 Å². The quantitative estimate of drug-likeness (QED) is 0.722. The van der Waals surface area contributed by atoms with Gasteiger partial charge in [-0.3, -0.25) is 4.79 Å². The van der Waals surface area contributed by atoms with Crippen LogP contribution in [-0.2, 0) is 4.74 Å². The van der Waals surface area contributed by atoms with Gasteiger partial charge >= 0.3 is 0 Å². The number of H-pyrrole nitrogens is 1. The van der Waals surface area contributed by atoms with E-state index in [9.17, 15) is 4.79 Å². The van der Waals surface area contributed by atoms with E-state index in [1.54, 1.807) is 11.8 Å². The van der Waals surface area contributed by atoms with Crippen molar-refractivity contribution in [3.63, 3.8) is 0 Å². The number of carbonyl (C=O) groups excluding carboxylic acids is 1. The standard InChI is InChI=1S/C21H26N4O2S/c26-21(23-18-13-15-3-6-17(18)22-15)14-1-4-16(5-2-14)28-20-8-7-19(24-20)25-9-11-27-12-10-25/h1-2,4-5,7-8,15,17-18,22,24H,3,6,9-13H2,(H,23,26)/t15-,17+,18-/m1/s1. The minimum atomic E-state index is 0.0328. The molecule has 3 aliphatic rings. The average Bonchev–Trinajstić information content (AvgIpc) is 3.46. The van der Waals surface area contributed by atoms with Crippen molar-refractivity contribution in [3.05, 3.63) is 42.0 Å². The van der Waals surface area contributed by atoms with Crippen molar-refractivity contribution in [1.29, 1.82) is 0 Å². The Kier molecular flexibility index (Phi) is 5.05. The molecule has 148 valence electrons. The van der Waals surface area contributed by atoms with Crippen LogP contribution >= 0.6 is 11.8 Å². The van der Waals surface area contributed by atoms with E-state index in [1.807, 2.05) is 24.3 Å². The van der Waals surface area contributed by atoms with Crippen LogP contribution < -0.4 is 15.5 Å². The fraction of sp³-hybridized carbons (Fsp3) is 0.476. The lowest BCUT2D eigenvalue weighted by atomic mass is 9.95. The average molecular weight is 399 g/mol. The Balaban J connectivity index is 1.18. The van der Waals surface area contributed by atoms with Crippen LogP contribution in [0.1, 0.15) is 29.6 Å². The van der Waals surface area contributed by atoms with Gasteiger partial charge in [-0.05, 0) is 55.7 Å². The van der Waals surface area contributed by atoms with Crippen LogP contribution in [0.4, 0.5) is 5.82 Å². The summed E-state index contributed by atoms with van der Waals surface area (Å²) in [5, 5.41) is 7.87. The topological polar surface area (TPSA) is 69.4 Å². The molecule has 0 unspecified atom stereocenters. The predicted molar refractivity (Wildman–Crippen MR) is 110 cm³/mol. The highest BCUT2D eigenvalue weighted by Gasteiger charge is 2.39. The lowest BCUT2D eigenvalue weighted by molar-refractivity contribution is 0.0931. The molecule has 2 aromatic rings. The summed E-state index contributed by atoms with van der Waals surface area (Å²) in [7, 11) is 0. The fourth-order valence-electron chi connectivity index (χ4n) is 4.45. The number of ether oxygens (including phenoxy) is 1. The van der Waals surface area contributed by atoms with E-state index in [1.165, 1.54) is 12.8 Å². The minimum absolute atomic E-state index is 0.0328. The summed E-state index contributed by atoms with van der Waals surface area (Å²) in [4.78, 5) is 19.5. The van der Waals surface area contributed by atoms with Gasteiger partial charge in [0.2, 0.25) is 0 Å². The molecule has 3 fully saturated rings. The molecule has 1 aromatic heterocycles. The summed E-state index contributed by atoms with van der Waals surface area (Å²) in [6, 6.07) is 13.4. The number of nitrogens with zero attached hydrogens (tertiary/aromatic N) is 1. The monoisotopic (exact) mass is 398 g/mol. The van der Waals surface area contributed by atoms with E-state index in [0.717, 1.165) is 54.0 Å². The number of hydrogen-bond acceptors (Lipinski definition) is 5. The number of nitrogens with one attached hydrogen (secondary N) is 3. The maximum Gasteiger partial charge on any atom is 0.251 e. The van der Waals surface area contributed by atoms with Gasteiger partial charge in [-0.25, -0.2) is 0 Å². The third kappa shape index (κ3) is 3.79. The molecule has 7 heteroatoms. The Morgan fingerprint density at radius 3 is 2.64 bits per heavy atom. The maximum absolute atomic E-state index is 12.6. The molecule has 3 aliphatic heterocycles. The number of anilines is 1. The first kappa shape index (κ1) is 18.1. The van der Waals surface area contributed by atoms with E-state index < -0.39 is 0 Å². The number of morpholine rings is 1.